The highest BCUT2D eigenvalue weighted by Crippen LogP contribution is 2.24. The maximum Gasteiger partial charge on any atom is 0.407 e. The van der Waals surface area contributed by atoms with Gasteiger partial charge in [0.15, 0.2) is 5.79 Å². The van der Waals surface area contributed by atoms with Gasteiger partial charge in [0, 0.05) is 12.1 Å². The first-order valence-electron chi connectivity index (χ1n) is 7.18. The molecule has 116 valence electrons. The van der Waals surface area contributed by atoms with Crippen LogP contribution in [0.1, 0.15) is 41.0 Å². The van der Waals surface area contributed by atoms with E-state index in [4.69, 9.17) is 14.2 Å². The molecule has 1 saturated carbocycles. The Morgan fingerprint density at radius 3 is 2.35 bits per heavy atom. The van der Waals surface area contributed by atoms with E-state index < -0.39 is 11.4 Å². The van der Waals surface area contributed by atoms with Crippen molar-refractivity contribution in [1.82, 2.24) is 10.6 Å². The molecular formula is C14H26N2O4. The van der Waals surface area contributed by atoms with E-state index in [1.54, 1.807) is 0 Å². The van der Waals surface area contributed by atoms with Crippen molar-refractivity contribution in [3.8, 4) is 0 Å². The van der Waals surface area contributed by atoms with Crippen LogP contribution in [-0.2, 0) is 14.2 Å². The first kappa shape index (κ1) is 15.5. The maximum atomic E-state index is 11.6. The number of hydrogen-bond acceptors (Lipinski definition) is 5. The van der Waals surface area contributed by atoms with Gasteiger partial charge in [0.1, 0.15) is 5.60 Å². The summed E-state index contributed by atoms with van der Waals surface area (Å²) in [7, 11) is 0. The normalized spacial score (nSPS) is 29.9. The second-order valence-electron chi connectivity index (χ2n) is 6.98. The lowest BCUT2D eigenvalue weighted by atomic mass is 10.2. The second-order valence-corrected chi connectivity index (χ2v) is 6.98. The highest BCUT2D eigenvalue weighted by Gasteiger charge is 2.41. The van der Waals surface area contributed by atoms with E-state index in [-0.39, 0.29) is 24.2 Å². The number of carbonyl (C=O) groups is 1. The summed E-state index contributed by atoms with van der Waals surface area (Å²) in [6.07, 6.45) is 0.558. The Kier molecular flexibility index (Phi) is 4.27. The van der Waals surface area contributed by atoms with Crippen LogP contribution in [0.25, 0.3) is 0 Å². The van der Waals surface area contributed by atoms with Crippen molar-refractivity contribution in [3.63, 3.8) is 0 Å². The quantitative estimate of drug-likeness (QED) is 0.820. The molecule has 2 atom stereocenters. The third-order valence-corrected chi connectivity index (χ3v) is 3.21. The molecule has 0 aromatic rings. The summed E-state index contributed by atoms with van der Waals surface area (Å²) < 4.78 is 16.4. The SMILES string of the molecule is CC(C)(C)OC(=O)NC1CC1NC1COC(C)(C)OC1. The van der Waals surface area contributed by atoms with Crippen LogP contribution < -0.4 is 10.6 Å². The molecule has 2 N–H and O–H groups in total. The van der Waals surface area contributed by atoms with E-state index in [1.165, 1.54) is 0 Å². The second kappa shape index (κ2) is 5.50. The molecule has 20 heavy (non-hydrogen) atoms. The summed E-state index contributed by atoms with van der Waals surface area (Å²) >= 11 is 0. The number of carbonyl (C=O) groups excluding carboxylic acids is 1. The van der Waals surface area contributed by atoms with Crippen LogP contribution in [0.3, 0.4) is 0 Å². The van der Waals surface area contributed by atoms with Gasteiger partial charge in [-0.05, 0) is 41.0 Å². The number of alkyl carbamates (subject to hydrolysis) is 1. The fourth-order valence-electron chi connectivity index (χ4n) is 2.09. The highest BCUT2D eigenvalue weighted by atomic mass is 16.7. The van der Waals surface area contributed by atoms with Crippen molar-refractivity contribution in [2.75, 3.05) is 13.2 Å². The predicted octanol–water partition coefficient (Wildman–Crippen LogP) is 1.39. The third kappa shape index (κ3) is 4.92. The molecule has 0 aromatic heterocycles. The molecule has 2 fully saturated rings. The van der Waals surface area contributed by atoms with Crippen LogP contribution in [0, 0.1) is 0 Å². The van der Waals surface area contributed by atoms with Gasteiger partial charge in [0.2, 0.25) is 0 Å². The van der Waals surface area contributed by atoms with Crippen molar-refractivity contribution in [3.05, 3.63) is 0 Å². The molecule has 0 spiro atoms. The molecule has 1 aliphatic carbocycles. The minimum atomic E-state index is -0.490. The van der Waals surface area contributed by atoms with Gasteiger partial charge < -0.3 is 24.8 Å². The average Bonchev–Trinajstić information content (AvgIpc) is 2.96. The van der Waals surface area contributed by atoms with E-state index in [2.05, 4.69) is 10.6 Å². The van der Waals surface area contributed by atoms with E-state index in [1.807, 2.05) is 34.6 Å². The van der Waals surface area contributed by atoms with Crippen LogP contribution in [0.4, 0.5) is 4.79 Å². The van der Waals surface area contributed by atoms with Crippen LogP contribution in [0.15, 0.2) is 0 Å². The number of ether oxygens (including phenoxy) is 3. The van der Waals surface area contributed by atoms with Gasteiger partial charge in [-0.2, -0.15) is 0 Å². The largest absolute Gasteiger partial charge is 0.444 e. The maximum absolute atomic E-state index is 11.6. The zero-order chi connectivity index (χ0) is 15.0. The Morgan fingerprint density at radius 1 is 1.20 bits per heavy atom. The van der Waals surface area contributed by atoms with Crippen molar-refractivity contribution < 1.29 is 19.0 Å². The van der Waals surface area contributed by atoms with Gasteiger partial charge in [-0.25, -0.2) is 4.79 Å². The Balaban J connectivity index is 1.65. The van der Waals surface area contributed by atoms with Gasteiger partial charge in [-0.1, -0.05) is 0 Å². The van der Waals surface area contributed by atoms with Gasteiger partial charge in [0.05, 0.1) is 19.3 Å². The molecule has 1 heterocycles. The van der Waals surface area contributed by atoms with Gasteiger partial charge in [-0.3, -0.25) is 0 Å². The summed E-state index contributed by atoms with van der Waals surface area (Å²) in [6.45, 7) is 10.6. The molecule has 2 aliphatic rings. The van der Waals surface area contributed by atoms with Crippen LogP contribution >= 0.6 is 0 Å². The van der Waals surface area contributed by atoms with Crippen molar-refractivity contribution in [2.24, 2.45) is 0 Å². The third-order valence-electron chi connectivity index (χ3n) is 3.21. The minimum absolute atomic E-state index is 0.139. The topological polar surface area (TPSA) is 68.8 Å². The molecule has 0 radical (unpaired) electrons. The molecule has 2 rings (SSSR count). The van der Waals surface area contributed by atoms with Crippen molar-refractivity contribution in [2.45, 2.75) is 70.6 Å². The zero-order valence-electron chi connectivity index (χ0n) is 13.0. The standard InChI is InChI=1S/C14H26N2O4/c1-13(2,3)20-12(17)16-11-6-10(11)15-9-7-18-14(4,5)19-8-9/h9-11,15H,6-8H2,1-5H3,(H,16,17). The van der Waals surface area contributed by atoms with Crippen LogP contribution in [-0.4, -0.2) is 48.8 Å². The molecule has 6 heteroatoms. The lowest BCUT2D eigenvalue weighted by Gasteiger charge is -2.35. The van der Waals surface area contributed by atoms with E-state index in [9.17, 15) is 4.79 Å². The predicted molar refractivity (Wildman–Crippen MR) is 74.5 cm³/mol. The first-order chi connectivity index (χ1) is 9.15. The average molecular weight is 286 g/mol. The molecule has 2 unspecified atom stereocenters. The lowest BCUT2D eigenvalue weighted by Crippen LogP contribution is -2.50. The number of rotatable bonds is 3. The molecule has 1 aliphatic heterocycles. The first-order valence-corrected chi connectivity index (χ1v) is 7.18. The van der Waals surface area contributed by atoms with Crippen LogP contribution in [0.2, 0.25) is 0 Å². The summed E-state index contributed by atoms with van der Waals surface area (Å²) in [5, 5.41) is 6.29. The van der Waals surface area contributed by atoms with E-state index >= 15 is 0 Å². The highest BCUT2D eigenvalue weighted by molar-refractivity contribution is 5.68. The number of nitrogens with one attached hydrogen (secondary N) is 2. The zero-order valence-corrected chi connectivity index (χ0v) is 13.0. The monoisotopic (exact) mass is 286 g/mol. The van der Waals surface area contributed by atoms with Crippen LogP contribution in [0.5, 0.6) is 0 Å². The summed E-state index contributed by atoms with van der Waals surface area (Å²) in [5.74, 6) is -0.490. The Hall–Kier alpha value is -0.850. The molecule has 0 aromatic carbocycles. The summed E-state index contributed by atoms with van der Waals surface area (Å²) in [4.78, 5) is 11.6. The number of hydrogen-bond donors (Lipinski definition) is 2. The molecule has 0 bridgehead atoms. The molecule has 1 saturated heterocycles. The van der Waals surface area contributed by atoms with Crippen molar-refractivity contribution in [1.29, 1.82) is 0 Å². The van der Waals surface area contributed by atoms with E-state index in [0.717, 1.165) is 6.42 Å². The van der Waals surface area contributed by atoms with E-state index in [0.29, 0.717) is 13.2 Å². The summed E-state index contributed by atoms with van der Waals surface area (Å²) in [6, 6.07) is 0.596. The Morgan fingerprint density at radius 2 is 1.80 bits per heavy atom. The Bertz CT molecular complexity index is 355. The lowest BCUT2D eigenvalue weighted by molar-refractivity contribution is -0.253. The smallest absolute Gasteiger partial charge is 0.407 e. The van der Waals surface area contributed by atoms with Gasteiger partial charge >= 0.3 is 6.09 Å². The minimum Gasteiger partial charge on any atom is -0.444 e. The van der Waals surface area contributed by atoms with Crippen molar-refractivity contribution >= 4 is 6.09 Å². The number of amides is 1. The summed E-state index contributed by atoms with van der Waals surface area (Å²) in [5.41, 5.74) is -0.460. The molecule has 1 amide bonds. The fourth-order valence-corrected chi connectivity index (χ4v) is 2.09. The molecule has 6 nitrogen and oxygen atoms in total. The fraction of sp³-hybridized carbons (Fsp3) is 0.929. The van der Waals surface area contributed by atoms with Gasteiger partial charge in [0.25, 0.3) is 0 Å². The molecular weight excluding hydrogens is 260 g/mol. The Labute approximate surface area is 120 Å². The van der Waals surface area contributed by atoms with Gasteiger partial charge in [-0.15, -0.1) is 0 Å².